The van der Waals surface area contributed by atoms with Crippen molar-refractivity contribution in [2.75, 3.05) is 4.90 Å². The van der Waals surface area contributed by atoms with Crippen molar-refractivity contribution in [1.82, 2.24) is 0 Å². The van der Waals surface area contributed by atoms with Gasteiger partial charge in [0.15, 0.2) is 0 Å². The van der Waals surface area contributed by atoms with Crippen molar-refractivity contribution in [3.05, 3.63) is 247 Å². The van der Waals surface area contributed by atoms with E-state index in [0.717, 1.165) is 39.0 Å². The first-order chi connectivity index (χ1) is 33.2. The van der Waals surface area contributed by atoms with Crippen LogP contribution >= 0.6 is 0 Å². The molecule has 0 saturated heterocycles. The van der Waals surface area contributed by atoms with Crippen molar-refractivity contribution >= 4 is 39.0 Å². The molecule has 0 saturated carbocycles. The summed E-state index contributed by atoms with van der Waals surface area (Å²) in [6.45, 7) is 9.55. The number of hydrogen-bond donors (Lipinski definition) is 0. The van der Waals surface area contributed by atoms with Gasteiger partial charge in [0.2, 0.25) is 0 Å². The summed E-state index contributed by atoms with van der Waals surface area (Å²) in [6.07, 6.45) is 0. The number of hydrogen-bond acceptors (Lipinski definition) is 2. The lowest BCUT2D eigenvalue weighted by Crippen LogP contribution is -2.18. The van der Waals surface area contributed by atoms with Gasteiger partial charge in [-0.15, -0.1) is 0 Å². The maximum absolute atomic E-state index is 6.14. The van der Waals surface area contributed by atoms with Gasteiger partial charge >= 0.3 is 0 Å². The van der Waals surface area contributed by atoms with Crippen molar-refractivity contribution in [3.8, 4) is 66.8 Å². The molecule has 324 valence electrons. The topological polar surface area (TPSA) is 16.4 Å². The first-order valence-electron chi connectivity index (χ1n) is 23.8. The monoisotopic (exact) mass is 871 g/mol. The Balaban J connectivity index is 0.911. The Kier molecular flexibility index (Phi) is 8.95. The summed E-state index contributed by atoms with van der Waals surface area (Å²) in [4.78, 5) is 2.48. The van der Waals surface area contributed by atoms with Crippen LogP contribution in [-0.4, -0.2) is 0 Å². The molecule has 13 rings (SSSR count). The fourth-order valence-corrected chi connectivity index (χ4v) is 11.4. The van der Waals surface area contributed by atoms with Gasteiger partial charge in [-0.2, -0.15) is 0 Å². The lowest BCUT2D eigenvalue weighted by Gasteiger charge is -2.30. The molecule has 2 heteroatoms. The molecule has 0 fully saturated rings. The summed E-state index contributed by atoms with van der Waals surface area (Å²) < 4.78 is 6.14. The van der Waals surface area contributed by atoms with Crippen molar-refractivity contribution in [1.29, 1.82) is 0 Å². The van der Waals surface area contributed by atoms with E-state index in [1.54, 1.807) is 0 Å². The van der Waals surface area contributed by atoms with E-state index in [-0.39, 0.29) is 10.8 Å². The first kappa shape index (κ1) is 40.1. The van der Waals surface area contributed by atoms with Gasteiger partial charge in [-0.3, -0.25) is 0 Å². The molecule has 10 aromatic carbocycles. The van der Waals surface area contributed by atoms with Gasteiger partial charge in [0, 0.05) is 38.7 Å². The Bertz CT molecular complexity index is 3630. The van der Waals surface area contributed by atoms with Gasteiger partial charge in [0.1, 0.15) is 11.2 Å². The smallest absolute Gasteiger partial charge is 0.135 e. The van der Waals surface area contributed by atoms with E-state index in [1.807, 2.05) is 12.1 Å². The van der Waals surface area contributed by atoms with E-state index in [2.05, 4.69) is 245 Å². The summed E-state index contributed by atoms with van der Waals surface area (Å²) in [5.74, 6) is 0. The average Bonchev–Trinajstić information content (AvgIpc) is 3.95. The number of furan rings is 1. The normalized spacial score (nSPS) is 13.8. The average molecular weight is 872 g/mol. The van der Waals surface area contributed by atoms with E-state index in [0.29, 0.717) is 0 Å². The van der Waals surface area contributed by atoms with Crippen LogP contribution in [0, 0.1) is 0 Å². The van der Waals surface area contributed by atoms with Crippen molar-refractivity contribution < 1.29 is 4.42 Å². The van der Waals surface area contributed by atoms with Gasteiger partial charge in [-0.1, -0.05) is 185 Å². The van der Waals surface area contributed by atoms with E-state index in [1.165, 1.54) is 89.0 Å². The maximum atomic E-state index is 6.14. The third-order valence-electron chi connectivity index (χ3n) is 15.1. The Labute approximate surface area is 398 Å². The van der Waals surface area contributed by atoms with Gasteiger partial charge in [0.25, 0.3) is 0 Å². The highest BCUT2D eigenvalue weighted by Crippen LogP contribution is 2.54. The molecule has 0 amide bonds. The van der Waals surface area contributed by atoms with Crippen LogP contribution in [-0.2, 0) is 10.8 Å². The van der Waals surface area contributed by atoms with E-state index in [9.17, 15) is 0 Å². The molecule has 68 heavy (non-hydrogen) atoms. The van der Waals surface area contributed by atoms with Crippen molar-refractivity contribution in [2.45, 2.75) is 38.5 Å². The number of benzene rings is 10. The molecule has 0 bridgehead atoms. The highest BCUT2D eigenvalue weighted by atomic mass is 16.3. The Morgan fingerprint density at radius 2 is 0.662 bits per heavy atom. The zero-order chi connectivity index (χ0) is 45.7. The molecule has 2 aliphatic carbocycles. The summed E-state index contributed by atoms with van der Waals surface area (Å²) in [6, 6.07) is 82.7. The Morgan fingerprint density at radius 1 is 0.279 bits per heavy atom. The molecular formula is C66H49NO. The van der Waals surface area contributed by atoms with Gasteiger partial charge in [0.05, 0.1) is 0 Å². The number of nitrogens with zero attached hydrogens (tertiary/aromatic N) is 1. The van der Waals surface area contributed by atoms with Crippen LogP contribution in [0.2, 0.25) is 0 Å². The number of rotatable bonds is 7. The summed E-state index contributed by atoms with van der Waals surface area (Å²) in [5, 5.41) is 2.28. The fraction of sp³-hybridized carbons (Fsp3) is 0.0909. The zero-order valence-corrected chi connectivity index (χ0v) is 38.7. The molecule has 0 atom stereocenters. The molecule has 0 unspecified atom stereocenters. The largest absolute Gasteiger partial charge is 0.456 e. The summed E-state index contributed by atoms with van der Waals surface area (Å²) in [7, 11) is 0. The van der Waals surface area contributed by atoms with Crippen molar-refractivity contribution in [3.63, 3.8) is 0 Å². The third kappa shape index (κ3) is 6.32. The number of fused-ring (bicyclic) bond motifs is 9. The van der Waals surface area contributed by atoms with E-state index < -0.39 is 0 Å². The second kappa shape index (κ2) is 15.2. The summed E-state index contributed by atoms with van der Waals surface area (Å²) >= 11 is 0. The second-order valence-electron chi connectivity index (χ2n) is 19.7. The summed E-state index contributed by atoms with van der Waals surface area (Å²) in [5.41, 5.74) is 25.2. The molecule has 0 spiro atoms. The molecule has 2 nitrogen and oxygen atoms in total. The number of anilines is 3. The Hall–Kier alpha value is -8.20. The van der Waals surface area contributed by atoms with Crippen LogP contribution in [0.1, 0.15) is 49.9 Å². The minimum Gasteiger partial charge on any atom is -0.456 e. The van der Waals surface area contributed by atoms with E-state index in [4.69, 9.17) is 4.42 Å². The van der Waals surface area contributed by atoms with E-state index >= 15 is 0 Å². The quantitative estimate of drug-likeness (QED) is 0.159. The van der Waals surface area contributed by atoms with Gasteiger partial charge in [-0.25, -0.2) is 0 Å². The second-order valence-corrected chi connectivity index (χ2v) is 19.7. The van der Waals surface area contributed by atoms with Crippen LogP contribution in [0.5, 0.6) is 0 Å². The van der Waals surface area contributed by atoms with Crippen LogP contribution in [0.25, 0.3) is 88.7 Å². The molecule has 1 heterocycles. The van der Waals surface area contributed by atoms with Gasteiger partial charge < -0.3 is 9.32 Å². The molecule has 1 aromatic heterocycles. The lowest BCUT2D eigenvalue weighted by molar-refractivity contribution is 0.660. The molecule has 0 aliphatic heterocycles. The van der Waals surface area contributed by atoms with Crippen LogP contribution < -0.4 is 4.90 Å². The maximum Gasteiger partial charge on any atom is 0.135 e. The highest BCUT2D eigenvalue weighted by molar-refractivity contribution is 6.06. The predicted octanol–water partition coefficient (Wildman–Crippen LogP) is 18.3. The van der Waals surface area contributed by atoms with Crippen LogP contribution in [0.15, 0.2) is 229 Å². The number of para-hydroxylation sites is 1. The van der Waals surface area contributed by atoms with Crippen LogP contribution in [0.3, 0.4) is 0 Å². The lowest BCUT2D eigenvalue weighted by atomic mass is 9.81. The van der Waals surface area contributed by atoms with Crippen molar-refractivity contribution in [2.24, 2.45) is 0 Å². The fourth-order valence-electron chi connectivity index (χ4n) is 11.4. The van der Waals surface area contributed by atoms with Crippen LogP contribution in [0.4, 0.5) is 17.1 Å². The predicted molar refractivity (Wildman–Crippen MR) is 285 cm³/mol. The minimum atomic E-state index is -0.200. The third-order valence-corrected chi connectivity index (χ3v) is 15.1. The first-order valence-corrected chi connectivity index (χ1v) is 23.8. The highest BCUT2D eigenvalue weighted by Gasteiger charge is 2.38. The van der Waals surface area contributed by atoms with Gasteiger partial charge in [-0.05, 0) is 156 Å². The Morgan fingerprint density at radius 3 is 1.22 bits per heavy atom. The molecule has 11 aromatic rings. The molecule has 0 radical (unpaired) electrons. The molecule has 0 N–H and O–H groups in total. The molecule has 2 aliphatic rings. The molecular weight excluding hydrogens is 823 g/mol. The minimum absolute atomic E-state index is 0.200. The standard InChI is InChI=1S/C66H49NO/c1-65(2)59-38-48(42-14-7-5-8-15-42)26-31-53(59)55-33-29-51(40-61(55)65)67(52-30-34-56-54-32-27-49(43-16-9-6-10-17-43)39-60(54)66(3,4)62(56)41-52)50-19-13-18-46(36-50)44-22-24-45(25-23-44)47-28-35-64-58(37-47)57-20-11-12-21-63(57)68-64/h5-41H,1-4H3. The SMILES string of the molecule is CC1(C)c2cc(-c3ccccc3)ccc2-c2ccc(N(c3cccc(-c4ccc(-c5ccc6oc7ccccc7c6c5)cc4)c3)c3ccc4c(c3)C(C)(C)c3cc(-c5ccccc5)ccc3-4)cc21. The zero-order valence-electron chi connectivity index (χ0n) is 38.7.